The van der Waals surface area contributed by atoms with Crippen LogP contribution in [0.25, 0.3) is 44.3 Å². The molecule has 80 heavy (non-hydrogen) atoms. The van der Waals surface area contributed by atoms with Crippen LogP contribution in [0.15, 0.2) is 99.6 Å². The number of aryl methyl sites for hydroxylation is 2. The van der Waals surface area contributed by atoms with Gasteiger partial charge in [0.25, 0.3) is 0 Å². The van der Waals surface area contributed by atoms with Crippen LogP contribution in [-0.4, -0.2) is 163 Å². The number of guanidine groups is 1. The molecule has 10 atom stereocenters. The van der Waals surface area contributed by atoms with Crippen LogP contribution in [0.5, 0.6) is 11.5 Å². The summed E-state index contributed by atoms with van der Waals surface area (Å²) in [5.41, 5.74) is 1.99. The van der Waals surface area contributed by atoms with E-state index in [-0.39, 0.29) is 59.8 Å². The number of H-pyrrole nitrogens is 1. The number of hydrogen-bond acceptors (Lipinski definition) is 19. The first kappa shape index (κ1) is 58.5. The lowest BCUT2D eigenvalue weighted by atomic mass is 9.68. The highest BCUT2D eigenvalue weighted by molar-refractivity contribution is 5.98. The summed E-state index contributed by atoms with van der Waals surface area (Å²) in [7, 11) is 1.70. The summed E-state index contributed by atoms with van der Waals surface area (Å²) < 4.78 is 26.2. The quantitative estimate of drug-likeness (QED) is 0.0102. The summed E-state index contributed by atoms with van der Waals surface area (Å²) in [5, 5.41) is 90.6. The molecule has 6 aromatic rings. The fourth-order valence-electron chi connectivity index (χ4n) is 10.9. The Balaban J connectivity index is 1.33. The minimum Gasteiger partial charge on any atom is -0.508 e. The van der Waals surface area contributed by atoms with Gasteiger partial charge in [-0.15, -0.1) is 0 Å². The van der Waals surface area contributed by atoms with E-state index < -0.39 is 96.6 Å². The molecule has 2 aliphatic rings. The molecule has 0 radical (unpaired) electrons. The second-order valence-corrected chi connectivity index (χ2v) is 20.3. The Hall–Kier alpha value is -7.68. The summed E-state index contributed by atoms with van der Waals surface area (Å²) >= 11 is 0. The molecule has 8 rings (SSSR count). The van der Waals surface area contributed by atoms with Crippen LogP contribution in [0.1, 0.15) is 56.1 Å². The number of aromatic hydroxyl groups is 1. The van der Waals surface area contributed by atoms with Gasteiger partial charge in [0, 0.05) is 55.2 Å². The number of nitrogens with two attached hydrogens (primary N) is 1. The lowest BCUT2D eigenvalue weighted by Gasteiger charge is -2.57. The number of phenolic OH excluding ortho intramolecular Hbond substituents is 1. The van der Waals surface area contributed by atoms with E-state index in [1.807, 2.05) is 32.0 Å². The number of aromatic amines is 1. The molecule has 0 bridgehead atoms. The van der Waals surface area contributed by atoms with Gasteiger partial charge in [-0.2, -0.15) is 4.73 Å². The molecule has 3 aromatic heterocycles. The highest BCUT2D eigenvalue weighted by Crippen LogP contribution is 2.46. The van der Waals surface area contributed by atoms with Gasteiger partial charge < -0.3 is 90.2 Å². The highest BCUT2D eigenvalue weighted by Gasteiger charge is 2.72. The number of esters is 1. The molecule has 2 fully saturated rings. The Morgan fingerprint density at radius 1 is 1.02 bits per heavy atom. The maximum atomic E-state index is 14.2. The van der Waals surface area contributed by atoms with Crippen LogP contribution in [0, 0.1) is 19.8 Å². The van der Waals surface area contributed by atoms with Gasteiger partial charge in [0.15, 0.2) is 28.7 Å². The van der Waals surface area contributed by atoms with Crippen LogP contribution in [0.4, 0.5) is 0 Å². The number of nitrogens with one attached hydrogen (secondary N) is 4. The average molecular weight is 1110 g/mol. The highest BCUT2D eigenvalue weighted by atomic mass is 16.8. The monoisotopic (exact) mass is 1110 g/mol. The molecular weight excluding hydrogens is 1040 g/mol. The largest absolute Gasteiger partial charge is 0.508 e. The van der Waals surface area contributed by atoms with E-state index in [9.17, 15) is 59.7 Å². The predicted octanol–water partition coefficient (Wildman–Crippen LogP) is 1.67. The van der Waals surface area contributed by atoms with Crippen LogP contribution < -0.4 is 36.7 Å². The fraction of sp³-hybridized carbons (Fsp3) is 0.429. The van der Waals surface area contributed by atoms with Gasteiger partial charge in [-0.3, -0.25) is 10.1 Å². The molecule has 24 nitrogen and oxygen atoms in total. The molecule has 4 heterocycles. The van der Waals surface area contributed by atoms with Gasteiger partial charge in [0.1, 0.15) is 41.6 Å². The van der Waals surface area contributed by atoms with Crippen molar-refractivity contribution < 1.29 is 78.4 Å². The first-order valence-corrected chi connectivity index (χ1v) is 26.1. The summed E-state index contributed by atoms with van der Waals surface area (Å²) in [6, 6.07) is 15.1. The van der Waals surface area contributed by atoms with Crippen molar-refractivity contribution in [1.82, 2.24) is 25.7 Å². The van der Waals surface area contributed by atoms with Gasteiger partial charge in [0.2, 0.25) is 24.7 Å². The average Bonchev–Trinajstić information content (AvgIpc) is 4.00. The van der Waals surface area contributed by atoms with Crippen molar-refractivity contribution >= 4 is 52.3 Å². The number of nitrogens with zero attached hydrogens (tertiary/aromatic N) is 2. The third-order valence-corrected chi connectivity index (χ3v) is 14.9. The standard InChI is InChI=1S/C56H67N7O17/c1-31-22-32(2)24-35(23-31)45-43-34(16-19-60-43)27-63(45)80-48-52(77-38-14-15-39-41(25-38)76-28-40(46(39)70)33-10-12-37(68)13-11-33)78-47(55(74,30-67)56(48,75)42(69)9-6-20-64)49(79-51(73)44(50(71)72)59-18-7-21-65)61-53(57)62-54(29-66)17-5-4-8-36(54)26-58-3/h10-16,19,21-25,27-29,36,42,44,47-49,52,58-60,64,67-69,74-75H,4-9,17-18,20,26,30H2,1-3H3,(H,71,72)(H3,57,61,62). The summed E-state index contributed by atoms with van der Waals surface area (Å²) in [5.74, 6) is -4.53. The Bertz CT molecular complexity index is 3250. The molecule has 1 saturated carbocycles. The number of ether oxygens (including phenoxy) is 3. The lowest BCUT2D eigenvalue weighted by Crippen LogP contribution is -2.82. The van der Waals surface area contributed by atoms with Crippen molar-refractivity contribution in [3.05, 3.63) is 107 Å². The molecule has 24 heteroatoms. The maximum absolute atomic E-state index is 14.2. The van der Waals surface area contributed by atoms with Gasteiger partial charge in [-0.25, -0.2) is 14.6 Å². The number of aliphatic imine (C=N–C) groups is 1. The second-order valence-electron chi connectivity index (χ2n) is 20.3. The molecule has 0 amide bonds. The van der Waals surface area contributed by atoms with Crippen molar-refractivity contribution in [3.63, 3.8) is 0 Å². The van der Waals surface area contributed by atoms with Crippen LogP contribution in [-0.2, 0) is 28.7 Å². The van der Waals surface area contributed by atoms with Crippen molar-refractivity contribution in [2.24, 2.45) is 16.6 Å². The van der Waals surface area contributed by atoms with E-state index >= 15 is 0 Å². The molecule has 1 saturated heterocycles. The Morgan fingerprint density at radius 2 is 1.77 bits per heavy atom. The molecule has 1 aliphatic carbocycles. The van der Waals surface area contributed by atoms with E-state index in [2.05, 4.69) is 25.9 Å². The maximum Gasteiger partial charge on any atom is 0.336 e. The van der Waals surface area contributed by atoms with Gasteiger partial charge in [-0.05, 0) is 94.6 Å². The first-order chi connectivity index (χ1) is 38.3. The number of aliphatic carboxylic acids is 1. The third kappa shape index (κ3) is 11.6. The number of phenols is 1. The van der Waals surface area contributed by atoms with E-state index in [4.69, 9.17) is 29.2 Å². The van der Waals surface area contributed by atoms with E-state index in [0.717, 1.165) is 17.5 Å². The molecule has 10 unspecified atom stereocenters. The van der Waals surface area contributed by atoms with E-state index in [1.54, 1.807) is 19.3 Å². The van der Waals surface area contributed by atoms with E-state index in [1.165, 1.54) is 59.7 Å². The molecule has 3 aromatic carbocycles. The normalized spacial score (nSPS) is 24.4. The van der Waals surface area contributed by atoms with Gasteiger partial charge in [-0.1, -0.05) is 42.2 Å². The third-order valence-electron chi connectivity index (χ3n) is 14.9. The fourth-order valence-corrected chi connectivity index (χ4v) is 10.9. The Labute approximate surface area is 458 Å². The van der Waals surface area contributed by atoms with Crippen LogP contribution in [0.3, 0.4) is 0 Å². The number of hydrogen-bond donors (Lipinski definition) is 12. The first-order valence-electron chi connectivity index (χ1n) is 26.1. The van der Waals surface area contributed by atoms with Crippen molar-refractivity contribution in [2.75, 3.05) is 33.4 Å². The topological polar surface area (TPSA) is 372 Å². The minimum absolute atomic E-state index is 0.0238. The minimum atomic E-state index is -3.33. The Kier molecular flexibility index (Phi) is 18.1. The molecular formula is C56H67N7O17. The number of benzene rings is 3. The van der Waals surface area contributed by atoms with Gasteiger partial charge >= 0.3 is 11.9 Å². The zero-order valence-corrected chi connectivity index (χ0v) is 44.2. The predicted molar refractivity (Wildman–Crippen MR) is 289 cm³/mol. The molecule has 1 aliphatic heterocycles. The number of carboxylic acid groups (broad SMARTS) is 1. The van der Waals surface area contributed by atoms with Gasteiger partial charge in [0.05, 0.1) is 40.9 Å². The van der Waals surface area contributed by atoms with Crippen molar-refractivity contribution in [2.45, 2.75) is 112 Å². The van der Waals surface area contributed by atoms with Crippen LogP contribution in [0.2, 0.25) is 0 Å². The number of aliphatic hydroxyl groups excluding tert-OH is 3. The van der Waals surface area contributed by atoms with Crippen LogP contribution >= 0.6 is 0 Å². The molecule has 13 N–H and O–H groups in total. The second kappa shape index (κ2) is 24.8. The molecule has 0 spiro atoms. The Morgan fingerprint density at radius 3 is 2.45 bits per heavy atom. The zero-order valence-electron chi connectivity index (χ0n) is 44.2. The van der Waals surface area contributed by atoms with E-state index in [0.29, 0.717) is 59.7 Å². The number of carbonyl (C=O) groups excluding carboxylic acids is 3. The number of aromatic nitrogens is 2. The molecule has 428 valence electrons. The lowest BCUT2D eigenvalue weighted by molar-refractivity contribution is -0.386. The van der Waals surface area contributed by atoms with Crippen molar-refractivity contribution in [3.8, 4) is 33.9 Å². The SMILES string of the molecule is CNCC1CCCCC1(C=O)NC(N)=NC(OC(=O)C(NCCC=O)C(=O)O)C1OC(Oc2ccc3c(=O)c(-c4ccc(O)cc4)coc3c2)C(On2cc3cc[nH]c3c2-c2cc(C)cc(C)c2)C(O)(C(O)CCCO)C1(O)CO. The number of carboxylic acids is 1. The number of rotatable bonds is 24. The summed E-state index contributed by atoms with van der Waals surface area (Å²) in [6.07, 6.45) is -4.62. The number of aliphatic hydroxyl groups is 5. The number of carbonyl (C=O) groups is 4. The summed E-state index contributed by atoms with van der Waals surface area (Å²) in [4.78, 5) is 79.6. The zero-order chi connectivity index (χ0) is 57.5. The smallest absolute Gasteiger partial charge is 0.336 e. The number of fused-ring (bicyclic) bond motifs is 2. The number of aldehydes is 2. The van der Waals surface area contributed by atoms with Crippen molar-refractivity contribution in [1.29, 1.82) is 0 Å². The summed E-state index contributed by atoms with van der Waals surface area (Å²) in [6.45, 7) is 1.69.